The summed E-state index contributed by atoms with van der Waals surface area (Å²) in [6.45, 7) is 6.03. The van der Waals surface area contributed by atoms with Crippen LogP contribution in [0.1, 0.15) is 11.3 Å². The number of piperazine rings is 1. The van der Waals surface area contributed by atoms with Gasteiger partial charge in [0, 0.05) is 45.0 Å². The number of amides is 2. The van der Waals surface area contributed by atoms with Crippen LogP contribution in [0.15, 0.2) is 35.2 Å². The van der Waals surface area contributed by atoms with Crippen molar-refractivity contribution in [1.29, 1.82) is 0 Å². The van der Waals surface area contributed by atoms with Gasteiger partial charge in [-0.3, -0.25) is 14.9 Å². The maximum Gasteiger partial charge on any atom is 0.290 e. The van der Waals surface area contributed by atoms with E-state index in [2.05, 4.69) is 56.3 Å². The van der Waals surface area contributed by atoms with Gasteiger partial charge in [0.05, 0.1) is 17.2 Å². The summed E-state index contributed by atoms with van der Waals surface area (Å²) in [5.41, 5.74) is 2.95. The van der Waals surface area contributed by atoms with Gasteiger partial charge in [0.1, 0.15) is 6.61 Å². The third-order valence-electron chi connectivity index (χ3n) is 5.13. The molecule has 0 saturated carbocycles. The lowest BCUT2D eigenvalue weighted by Crippen LogP contribution is -2.47. The molecule has 0 radical (unpaired) electrons. The number of nitrogens with one attached hydrogen (secondary N) is 1. The molecule has 2 aromatic rings. The zero-order valence-electron chi connectivity index (χ0n) is 18.0. The second-order valence-electron chi connectivity index (χ2n) is 7.43. The van der Waals surface area contributed by atoms with Gasteiger partial charge in [-0.1, -0.05) is 17.7 Å². The molecule has 0 unspecified atom stereocenters. The van der Waals surface area contributed by atoms with Crippen molar-refractivity contribution in [2.24, 2.45) is 0 Å². The van der Waals surface area contributed by atoms with Gasteiger partial charge in [0.25, 0.3) is 11.1 Å². The molecular weight excluding hydrogens is 430 g/mol. The van der Waals surface area contributed by atoms with Crippen LogP contribution in [0.5, 0.6) is 5.88 Å². The van der Waals surface area contributed by atoms with Gasteiger partial charge < -0.3 is 19.3 Å². The molecule has 2 fully saturated rings. The molecule has 3 heterocycles. The maximum absolute atomic E-state index is 11.9. The van der Waals surface area contributed by atoms with Crippen molar-refractivity contribution >= 4 is 40.6 Å². The molecule has 1 N–H and O–H groups in total. The first-order valence-corrected chi connectivity index (χ1v) is 11.2. The molecule has 2 aliphatic heterocycles. The summed E-state index contributed by atoms with van der Waals surface area (Å²) in [4.78, 5) is 37.3. The van der Waals surface area contributed by atoms with Crippen LogP contribution in [0.25, 0.3) is 6.08 Å². The molecule has 0 spiro atoms. The first kappa shape index (κ1) is 22.1. The highest BCUT2D eigenvalue weighted by molar-refractivity contribution is 8.18. The van der Waals surface area contributed by atoms with Crippen LogP contribution < -0.4 is 19.9 Å². The van der Waals surface area contributed by atoms with E-state index >= 15 is 0 Å². The minimum atomic E-state index is -0.422. The minimum absolute atomic E-state index is 0.298. The summed E-state index contributed by atoms with van der Waals surface area (Å²) >= 11 is 0.856. The van der Waals surface area contributed by atoms with Crippen LogP contribution in [0, 0.1) is 6.92 Å². The average molecular weight is 456 g/mol. The predicted octanol–water partition coefficient (Wildman–Crippen LogP) is 2.46. The van der Waals surface area contributed by atoms with E-state index in [1.165, 1.54) is 11.3 Å². The van der Waals surface area contributed by atoms with Crippen LogP contribution in [0.3, 0.4) is 0 Å². The summed E-state index contributed by atoms with van der Waals surface area (Å²) < 4.78 is 10.8. The highest BCUT2D eigenvalue weighted by Crippen LogP contribution is 2.27. The maximum atomic E-state index is 11.9. The van der Waals surface area contributed by atoms with Gasteiger partial charge >= 0.3 is 0 Å². The number of hydrogen-bond acceptors (Lipinski definition) is 9. The van der Waals surface area contributed by atoms with Crippen molar-refractivity contribution in [3.63, 3.8) is 0 Å². The molecule has 4 rings (SSSR count). The van der Waals surface area contributed by atoms with E-state index in [0.717, 1.165) is 37.9 Å². The number of anilines is 2. The second kappa shape index (κ2) is 10.0. The Morgan fingerprint density at radius 1 is 1.06 bits per heavy atom. The van der Waals surface area contributed by atoms with Crippen molar-refractivity contribution < 1.29 is 19.1 Å². The lowest BCUT2D eigenvalue weighted by Gasteiger charge is -2.36. The molecule has 0 atom stereocenters. The molecule has 1 aromatic heterocycles. The van der Waals surface area contributed by atoms with Crippen LogP contribution in [-0.2, 0) is 9.53 Å². The Balaban J connectivity index is 1.52. The van der Waals surface area contributed by atoms with Crippen molar-refractivity contribution in [1.82, 2.24) is 15.3 Å². The van der Waals surface area contributed by atoms with Crippen molar-refractivity contribution in [2.75, 3.05) is 56.3 Å². The molecule has 0 aliphatic carbocycles. The number of nitrogens with zero attached hydrogens (tertiary/aromatic N) is 4. The monoisotopic (exact) mass is 455 g/mol. The van der Waals surface area contributed by atoms with Gasteiger partial charge in [-0.15, -0.1) is 0 Å². The second-order valence-corrected chi connectivity index (χ2v) is 8.45. The number of aryl methyl sites for hydroxylation is 1. The number of rotatable bonds is 7. The minimum Gasteiger partial charge on any atom is -0.475 e. The number of aromatic nitrogens is 2. The Kier molecular flexibility index (Phi) is 6.91. The number of imide groups is 1. The Morgan fingerprint density at radius 2 is 1.78 bits per heavy atom. The van der Waals surface area contributed by atoms with Gasteiger partial charge in [0.2, 0.25) is 11.8 Å². The molecule has 32 heavy (non-hydrogen) atoms. The molecule has 1 aromatic carbocycles. The molecule has 10 heteroatoms. The summed E-state index contributed by atoms with van der Waals surface area (Å²) in [5.74, 6) is 0.508. The number of benzene rings is 1. The largest absolute Gasteiger partial charge is 0.475 e. The number of hydrogen-bond donors (Lipinski definition) is 1. The lowest BCUT2D eigenvalue weighted by molar-refractivity contribution is -0.115. The SMILES string of the molecule is COCCOc1cc(/C=C2/SC(=O)NC2=O)nc(N2CCN(c3ccc(C)cc3)CC2)n1. The van der Waals surface area contributed by atoms with E-state index in [9.17, 15) is 9.59 Å². The van der Waals surface area contributed by atoms with Crippen LogP contribution in [-0.4, -0.2) is 67.6 Å². The van der Waals surface area contributed by atoms with E-state index in [-0.39, 0.29) is 5.24 Å². The number of methoxy groups -OCH3 is 1. The Bertz CT molecular complexity index is 1020. The van der Waals surface area contributed by atoms with E-state index in [4.69, 9.17) is 9.47 Å². The molecular formula is C22H25N5O4S. The highest BCUT2D eigenvalue weighted by atomic mass is 32.2. The quantitative estimate of drug-likeness (QED) is 0.499. The molecule has 168 valence electrons. The highest BCUT2D eigenvalue weighted by Gasteiger charge is 2.26. The van der Waals surface area contributed by atoms with Crippen molar-refractivity contribution in [3.8, 4) is 5.88 Å². The molecule has 2 amide bonds. The number of ether oxygens (including phenoxy) is 2. The Hall–Kier alpha value is -3.11. The van der Waals surface area contributed by atoms with Crippen LogP contribution >= 0.6 is 11.8 Å². The van der Waals surface area contributed by atoms with Gasteiger partial charge in [0.15, 0.2) is 0 Å². The van der Waals surface area contributed by atoms with E-state index in [0.29, 0.717) is 35.6 Å². The first-order chi connectivity index (χ1) is 15.5. The number of carbonyl (C=O) groups excluding carboxylic acids is 2. The summed E-state index contributed by atoms with van der Waals surface area (Å²) in [6.07, 6.45) is 1.59. The standard InChI is InChI=1S/C22H25N5O4S/c1-15-3-5-17(6-4-15)26-7-9-27(10-8-26)21-23-16(13-18-20(28)25-22(29)32-18)14-19(24-21)31-12-11-30-2/h3-6,13-14H,7-12H2,1-2H3,(H,25,28,29)/b18-13+. The smallest absolute Gasteiger partial charge is 0.290 e. The van der Waals surface area contributed by atoms with E-state index in [1.54, 1.807) is 19.3 Å². The fourth-order valence-electron chi connectivity index (χ4n) is 3.42. The van der Waals surface area contributed by atoms with Crippen molar-refractivity contribution in [2.45, 2.75) is 6.92 Å². The Labute approximate surface area is 190 Å². The zero-order valence-corrected chi connectivity index (χ0v) is 18.9. The fourth-order valence-corrected chi connectivity index (χ4v) is 4.09. The summed E-state index contributed by atoms with van der Waals surface area (Å²) in [5, 5.41) is 1.87. The molecule has 2 saturated heterocycles. The average Bonchev–Trinajstić information content (AvgIpc) is 3.11. The lowest BCUT2D eigenvalue weighted by atomic mass is 10.2. The third-order valence-corrected chi connectivity index (χ3v) is 5.94. The number of carbonyl (C=O) groups is 2. The van der Waals surface area contributed by atoms with Crippen LogP contribution in [0.2, 0.25) is 0 Å². The van der Waals surface area contributed by atoms with Crippen LogP contribution in [0.4, 0.5) is 16.4 Å². The first-order valence-electron chi connectivity index (χ1n) is 10.3. The number of thioether (sulfide) groups is 1. The molecule has 0 bridgehead atoms. The van der Waals surface area contributed by atoms with Gasteiger partial charge in [-0.25, -0.2) is 4.98 Å². The predicted molar refractivity (Wildman–Crippen MR) is 124 cm³/mol. The molecule has 9 nitrogen and oxygen atoms in total. The van der Waals surface area contributed by atoms with E-state index < -0.39 is 5.91 Å². The third kappa shape index (κ3) is 5.38. The normalized spacial score (nSPS) is 17.8. The van der Waals surface area contributed by atoms with Gasteiger partial charge in [-0.2, -0.15) is 4.98 Å². The topological polar surface area (TPSA) is 96.9 Å². The van der Waals surface area contributed by atoms with Gasteiger partial charge in [-0.05, 0) is 36.9 Å². The van der Waals surface area contributed by atoms with Crippen molar-refractivity contribution in [3.05, 3.63) is 46.5 Å². The summed E-state index contributed by atoms with van der Waals surface area (Å²) in [6, 6.07) is 10.2. The van der Waals surface area contributed by atoms with E-state index in [1.807, 2.05) is 0 Å². The summed E-state index contributed by atoms with van der Waals surface area (Å²) in [7, 11) is 1.60. The Morgan fingerprint density at radius 3 is 2.44 bits per heavy atom. The fraction of sp³-hybridized carbons (Fsp3) is 0.364. The molecule has 2 aliphatic rings. The zero-order chi connectivity index (χ0) is 22.5.